The number of fused-ring (bicyclic) bond motifs is 1. The van der Waals surface area contributed by atoms with Gasteiger partial charge >= 0.3 is 0 Å². The lowest BCUT2D eigenvalue weighted by Crippen LogP contribution is -1.90. The van der Waals surface area contributed by atoms with Gasteiger partial charge in [0, 0.05) is 10.8 Å². The minimum absolute atomic E-state index is 0.521. The second-order valence-corrected chi connectivity index (χ2v) is 5.39. The van der Waals surface area contributed by atoms with Gasteiger partial charge in [0.05, 0.1) is 11.3 Å². The smallest absolute Gasteiger partial charge is 0.134 e. The van der Waals surface area contributed by atoms with Gasteiger partial charge in [-0.1, -0.05) is 32.0 Å². The van der Waals surface area contributed by atoms with Crippen molar-refractivity contribution in [2.75, 3.05) is 0 Å². The molecule has 0 radical (unpaired) electrons. The summed E-state index contributed by atoms with van der Waals surface area (Å²) in [5.41, 5.74) is 3.21. The lowest BCUT2D eigenvalue weighted by atomic mass is 10.1. The van der Waals surface area contributed by atoms with E-state index in [1.807, 2.05) is 24.5 Å². The van der Waals surface area contributed by atoms with Gasteiger partial charge in [-0.25, -0.2) is 4.98 Å². The van der Waals surface area contributed by atoms with E-state index in [9.17, 15) is 0 Å². The molecule has 1 unspecified atom stereocenters. The zero-order valence-electron chi connectivity index (χ0n) is 10.5. The van der Waals surface area contributed by atoms with Gasteiger partial charge in [0.15, 0.2) is 0 Å². The Kier molecular flexibility index (Phi) is 2.92. The monoisotopic (exact) mass is 257 g/mol. The van der Waals surface area contributed by atoms with Crippen molar-refractivity contribution >= 4 is 22.3 Å². The summed E-state index contributed by atoms with van der Waals surface area (Å²) in [5, 5.41) is 4.35. The van der Waals surface area contributed by atoms with Crippen LogP contribution in [0.1, 0.15) is 31.9 Å². The number of para-hydroxylation sites is 1. The van der Waals surface area contributed by atoms with Gasteiger partial charge in [-0.05, 0) is 18.4 Å². The summed E-state index contributed by atoms with van der Waals surface area (Å²) < 4.78 is 5.57. The Bertz CT molecular complexity index is 668. The van der Waals surface area contributed by atoms with Crippen LogP contribution < -0.4 is 0 Å². The fourth-order valence-corrected chi connectivity index (χ4v) is 2.95. The number of furan rings is 1. The lowest BCUT2D eigenvalue weighted by molar-refractivity contribution is 0.617. The van der Waals surface area contributed by atoms with Crippen LogP contribution in [-0.4, -0.2) is 4.98 Å². The highest BCUT2D eigenvalue weighted by Gasteiger charge is 2.13. The Morgan fingerprint density at radius 3 is 3.00 bits per heavy atom. The quantitative estimate of drug-likeness (QED) is 0.654. The van der Waals surface area contributed by atoms with Crippen molar-refractivity contribution < 1.29 is 4.42 Å². The van der Waals surface area contributed by atoms with Crippen LogP contribution in [0.2, 0.25) is 0 Å². The molecule has 2 nitrogen and oxygen atoms in total. The summed E-state index contributed by atoms with van der Waals surface area (Å²) in [5.74, 6) is 0.521. The molecule has 1 atom stereocenters. The number of benzene rings is 1. The fourth-order valence-electron chi connectivity index (χ4n) is 1.99. The largest absolute Gasteiger partial charge is 0.464 e. The van der Waals surface area contributed by atoms with E-state index in [-0.39, 0.29) is 0 Å². The van der Waals surface area contributed by atoms with Crippen LogP contribution in [0.15, 0.2) is 40.3 Å². The molecule has 2 aromatic heterocycles. The normalized spacial score (nSPS) is 13.0. The minimum atomic E-state index is 0.521. The van der Waals surface area contributed by atoms with E-state index >= 15 is 0 Å². The Balaban J connectivity index is 2.07. The van der Waals surface area contributed by atoms with Crippen molar-refractivity contribution in [2.45, 2.75) is 26.2 Å². The number of nitrogens with zero attached hydrogens (tertiary/aromatic N) is 1. The van der Waals surface area contributed by atoms with E-state index in [0.29, 0.717) is 5.92 Å². The molecule has 0 saturated heterocycles. The molecule has 0 aliphatic rings. The molecule has 1 aromatic carbocycles. The van der Waals surface area contributed by atoms with Gasteiger partial charge < -0.3 is 4.42 Å². The number of hydrogen-bond donors (Lipinski definition) is 0. The molecule has 0 N–H and O–H groups in total. The van der Waals surface area contributed by atoms with Crippen molar-refractivity contribution in [1.29, 1.82) is 0 Å². The first kappa shape index (κ1) is 11.5. The second kappa shape index (κ2) is 4.58. The summed E-state index contributed by atoms with van der Waals surface area (Å²) in [4.78, 5) is 4.73. The Hall–Kier alpha value is -1.61. The molecule has 3 heteroatoms. The third-order valence-electron chi connectivity index (χ3n) is 3.35. The molecule has 92 valence electrons. The predicted molar refractivity (Wildman–Crippen MR) is 76.0 cm³/mol. The van der Waals surface area contributed by atoms with Crippen LogP contribution in [0.3, 0.4) is 0 Å². The van der Waals surface area contributed by atoms with Gasteiger partial charge in [0.2, 0.25) is 0 Å². The van der Waals surface area contributed by atoms with E-state index in [2.05, 4.69) is 25.3 Å². The summed E-state index contributed by atoms with van der Waals surface area (Å²) in [6.45, 7) is 4.41. The highest BCUT2D eigenvalue weighted by Crippen LogP contribution is 2.34. The highest BCUT2D eigenvalue weighted by molar-refractivity contribution is 7.13. The van der Waals surface area contributed by atoms with E-state index in [0.717, 1.165) is 28.0 Å². The molecule has 0 spiro atoms. The van der Waals surface area contributed by atoms with Crippen LogP contribution in [0.4, 0.5) is 0 Å². The predicted octanol–water partition coefficient (Wildman–Crippen LogP) is 5.07. The molecule has 0 amide bonds. The molecule has 0 bridgehead atoms. The van der Waals surface area contributed by atoms with Crippen LogP contribution in [0.5, 0.6) is 0 Å². The number of hydrogen-bond acceptors (Lipinski definition) is 3. The first-order chi connectivity index (χ1) is 8.79. The van der Waals surface area contributed by atoms with Crippen LogP contribution in [-0.2, 0) is 0 Å². The third-order valence-corrected chi connectivity index (χ3v) is 4.24. The first-order valence-electron chi connectivity index (χ1n) is 6.21. The second-order valence-electron chi connectivity index (χ2n) is 4.53. The maximum Gasteiger partial charge on any atom is 0.134 e. The van der Waals surface area contributed by atoms with E-state index in [1.54, 1.807) is 11.3 Å². The standard InChI is InChI=1S/C15H15NOS/c1-3-10(2)13-9-18-15(16-13)12-8-17-14-7-5-4-6-11(12)14/h4-10H,3H2,1-2H3. The Morgan fingerprint density at radius 2 is 2.17 bits per heavy atom. The van der Waals surface area contributed by atoms with Crippen molar-refractivity contribution in [3.8, 4) is 10.6 Å². The number of rotatable bonds is 3. The van der Waals surface area contributed by atoms with Gasteiger partial charge in [-0.2, -0.15) is 0 Å². The summed E-state index contributed by atoms with van der Waals surface area (Å²) in [6, 6.07) is 8.09. The lowest BCUT2D eigenvalue weighted by Gasteiger charge is -2.02. The number of thiazole rings is 1. The Morgan fingerprint density at radius 1 is 1.33 bits per heavy atom. The molecule has 3 aromatic rings. The summed E-state index contributed by atoms with van der Waals surface area (Å²) in [7, 11) is 0. The van der Waals surface area contributed by atoms with Gasteiger partial charge in [0.25, 0.3) is 0 Å². The molecule has 18 heavy (non-hydrogen) atoms. The van der Waals surface area contributed by atoms with Crippen LogP contribution in [0, 0.1) is 0 Å². The highest BCUT2D eigenvalue weighted by atomic mass is 32.1. The van der Waals surface area contributed by atoms with Crippen molar-refractivity contribution in [3.05, 3.63) is 41.6 Å². The maximum absolute atomic E-state index is 5.57. The van der Waals surface area contributed by atoms with Crippen molar-refractivity contribution in [2.24, 2.45) is 0 Å². The number of aromatic nitrogens is 1. The summed E-state index contributed by atoms with van der Waals surface area (Å²) >= 11 is 1.69. The molecule has 0 aliphatic carbocycles. The van der Waals surface area contributed by atoms with Crippen LogP contribution in [0.25, 0.3) is 21.5 Å². The minimum Gasteiger partial charge on any atom is -0.464 e. The van der Waals surface area contributed by atoms with Gasteiger partial charge in [-0.3, -0.25) is 0 Å². The SMILES string of the molecule is CCC(C)c1csc(-c2coc3ccccc23)n1. The average Bonchev–Trinajstić information content (AvgIpc) is 3.03. The third kappa shape index (κ3) is 1.85. The van der Waals surface area contributed by atoms with E-state index in [1.165, 1.54) is 5.69 Å². The first-order valence-corrected chi connectivity index (χ1v) is 7.09. The van der Waals surface area contributed by atoms with E-state index < -0.39 is 0 Å². The topological polar surface area (TPSA) is 26.0 Å². The van der Waals surface area contributed by atoms with Crippen LogP contribution >= 0.6 is 11.3 Å². The maximum atomic E-state index is 5.57. The van der Waals surface area contributed by atoms with Crippen molar-refractivity contribution in [3.63, 3.8) is 0 Å². The molecule has 3 rings (SSSR count). The summed E-state index contributed by atoms with van der Waals surface area (Å²) in [6.07, 6.45) is 2.93. The zero-order valence-corrected chi connectivity index (χ0v) is 11.3. The van der Waals surface area contributed by atoms with Crippen molar-refractivity contribution in [1.82, 2.24) is 4.98 Å². The van der Waals surface area contributed by atoms with Gasteiger partial charge in [-0.15, -0.1) is 11.3 Å². The molecule has 0 aliphatic heterocycles. The average molecular weight is 257 g/mol. The molecule has 2 heterocycles. The fraction of sp³-hybridized carbons (Fsp3) is 0.267. The molecular formula is C15H15NOS. The molecule has 0 fully saturated rings. The Labute approximate surface area is 110 Å². The molecule has 0 saturated carbocycles. The molecular weight excluding hydrogens is 242 g/mol. The zero-order chi connectivity index (χ0) is 12.5. The van der Waals surface area contributed by atoms with Gasteiger partial charge in [0.1, 0.15) is 16.9 Å². The van der Waals surface area contributed by atoms with E-state index in [4.69, 9.17) is 9.40 Å².